The predicted octanol–water partition coefficient (Wildman–Crippen LogP) is 2.58. The lowest BCUT2D eigenvalue weighted by atomic mass is 10.2. The molecular weight excluding hydrogens is 359 g/mol. The third kappa shape index (κ3) is 3.64. The van der Waals surface area contributed by atoms with Crippen LogP contribution in [0, 0.1) is 17.7 Å². The molecule has 1 aromatic rings. The Bertz CT molecular complexity index is 636. The summed E-state index contributed by atoms with van der Waals surface area (Å²) in [5.74, 6) is 0.259. The third-order valence-corrected chi connectivity index (χ3v) is 6.18. The van der Waals surface area contributed by atoms with E-state index < -0.39 is 15.8 Å². The molecule has 1 aliphatic rings. The number of hydrogen-bond acceptors (Lipinski definition) is 3. The number of rotatable bonds is 6. The Labute approximate surface area is 133 Å². The molecule has 0 bridgehead atoms. The Morgan fingerprint density at radius 2 is 2.10 bits per heavy atom. The van der Waals surface area contributed by atoms with Crippen molar-refractivity contribution in [2.45, 2.75) is 24.8 Å². The SMILES string of the molecule is CNCc1cc(Br)cc(S(=O)(=O)N(C)CC2CC2C)c1F. The van der Waals surface area contributed by atoms with Gasteiger partial charge in [-0.25, -0.2) is 17.1 Å². The highest BCUT2D eigenvalue weighted by Crippen LogP contribution is 2.39. The van der Waals surface area contributed by atoms with Crippen molar-refractivity contribution in [3.63, 3.8) is 0 Å². The van der Waals surface area contributed by atoms with Crippen molar-refractivity contribution in [3.05, 3.63) is 28.0 Å². The van der Waals surface area contributed by atoms with Crippen molar-refractivity contribution in [1.29, 1.82) is 0 Å². The fraction of sp³-hybridized carbons (Fsp3) is 0.571. The molecule has 4 nitrogen and oxygen atoms in total. The molecule has 2 rings (SSSR count). The first-order chi connectivity index (χ1) is 9.77. The maximum atomic E-state index is 14.5. The zero-order valence-electron chi connectivity index (χ0n) is 12.4. The molecule has 118 valence electrons. The van der Waals surface area contributed by atoms with E-state index in [1.807, 2.05) is 0 Å². The monoisotopic (exact) mass is 378 g/mol. The van der Waals surface area contributed by atoms with Crippen LogP contribution in [0.15, 0.2) is 21.5 Å². The van der Waals surface area contributed by atoms with E-state index in [2.05, 4.69) is 28.2 Å². The Kier molecular flexibility index (Phi) is 5.07. The van der Waals surface area contributed by atoms with Gasteiger partial charge >= 0.3 is 0 Å². The van der Waals surface area contributed by atoms with Gasteiger partial charge in [0.15, 0.2) is 0 Å². The van der Waals surface area contributed by atoms with Crippen molar-refractivity contribution in [3.8, 4) is 0 Å². The normalized spacial score (nSPS) is 21.8. The summed E-state index contributed by atoms with van der Waals surface area (Å²) >= 11 is 3.25. The van der Waals surface area contributed by atoms with Crippen LogP contribution in [0.4, 0.5) is 4.39 Å². The van der Waals surface area contributed by atoms with Crippen molar-refractivity contribution < 1.29 is 12.8 Å². The molecule has 2 unspecified atom stereocenters. The van der Waals surface area contributed by atoms with Crippen LogP contribution in [0.2, 0.25) is 0 Å². The average molecular weight is 379 g/mol. The molecule has 0 radical (unpaired) electrons. The third-order valence-electron chi connectivity index (χ3n) is 3.90. The van der Waals surface area contributed by atoms with Gasteiger partial charge in [0.05, 0.1) is 0 Å². The van der Waals surface area contributed by atoms with E-state index in [-0.39, 0.29) is 11.4 Å². The van der Waals surface area contributed by atoms with E-state index in [0.29, 0.717) is 28.4 Å². The number of benzene rings is 1. The van der Waals surface area contributed by atoms with Gasteiger partial charge in [-0.15, -0.1) is 0 Å². The van der Waals surface area contributed by atoms with Crippen LogP contribution in [0.25, 0.3) is 0 Å². The highest BCUT2D eigenvalue weighted by molar-refractivity contribution is 9.10. The fourth-order valence-corrected chi connectivity index (χ4v) is 4.39. The van der Waals surface area contributed by atoms with E-state index in [0.717, 1.165) is 6.42 Å². The minimum atomic E-state index is -3.81. The van der Waals surface area contributed by atoms with Gasteiger partial charge in [0.1, 0.15) is 10.7 Å². The lowest BCUT2D eigenvalue weighted by molar-refractivity contribution is 0.439. The Hall–Kier alpha value is -0.500. The number of nitrogens with one attached hydrogen (secondary N) is 1. The largest absolute Gasteiger partial charge is 0.316 e. The van der Waals surface area contributed by atoms with E-state index in [1.165, 1.54) is 17.4 Å². The van der Waals surface area contributed by atoms with Gasteiger partial charge in [0.2, 0.25) is 10.0 Å². The van der Waals surface area contributed by atoms with Gasteiger partial charge in [-0.1, -0.05) is 22.9 Å². The molecule has 0 spiro atoms. The smallest absolute Gasteiger partial charge is 0.245 e. The van der Waals surface area contributed by atoms with Gasteiger partial charge in [-0.05, 0) is 37.4 Å². The Morgan fingerprint density at radius 1 is 1.48 bits per heavy atom. The lowest BCUT2D eigenvalue weighted by Gasteiger charge is -2.19. The van der Waals surface area contributed by atoms with Crippen LogP contribution in [0.3, 0.4) is 0 Å². The van der Waals surface area contributed by atoms with Gasteiger partial charge in [0.25, 0.3) is 0 Å². The minimum absolute atomic E-state index is 0.266. The molecule has 7 heteroatoms. The Morgan fingerprint density at radius 3 is 2.62 bits per heavy atom. The summed E-state index contributed by atoms with van der Waals surface area (Å²) in [5, 5.41) is 2.84. The summed E-state index contributed by atoms with van der Waals surface area (Å²) in [4.78, 5) is -0.266. The molecule has 1 N–H and O–H groups in total. The van der Waals surface area contributed by atoms with Crippen molar-refractivity contribution in [2.24, 2.45) is 11.8 Å². The number of hydrogen-bond donors (Lipinski definition) is 1. The quantitative estimate of drug-likeness (QED) is 0.827. The van der Waals surface area contributed by atoms with Crippen molar-refractivity contribution in [2.75, 3.05) is 20.6 Å². The molecular formula is C14H20BrFN2O2S. The average Bonchev–Trinajstić information content (AvgIpc) is 3.09. The highest BCUT2D eigenvalue weighted by Gasteiger charge is 2.37. The second kappa shape index (κ2) is 6.32. The molecule has 0 saturated heterocycles. The predicted molar refractivity (Wildman–Crippen MR) is 84.0 cm³/mol. The van der Waals surface area contributed by atoms with Crippen LogP contribution >= 0.6 is 15.9 Å². The van der Waals surface area contributed by atoms with Crippen LogP contribution in [-0.4, -0.2) is 33.4 Å². The van der Waals surface area contributed by atoms with Crippen LogP contribution in [0.1, 0.15) is 18.9 Å². The molecule has 1 aliphatic carbocycles. The van der Waals surface area contributed by atoms with Crippen molar-refractivity contribution >= 4 is 26.0 Å². The standard InChI is InChI=1S/C14H20BrFN2O2S/c1-9-4-11(9)8-18(3)21(19,20)13-6-12(15)5-10(7-17-2)14(13)16/h5-6,9,11,17H,4,7-8H2,1-3H3. The molecule has 21 heavy (non-hydrogen) atoms. The van der Waals surface area contributed by atoms with Crippen LogP contribution < -0.4 is 5.32 Å². The highest BCUT2D eigenvalue weighted by atomic mass is 79.9. The molecule has 0 aromatic heterocycles. The summed E-state index contributed by atoms with van der Waals surface area (Å²) in [6, 6.07) is 2.92. The fourth-order valence-electron chi connectivity index (χ4n) is 2.37. The van der Waals surface area contributed by atoms with Crippen molar-refractivity contribution in [1.82, 2.24) is 9.62 Å². The van der Waals surface area contributed by atoms with Gasteiger partial charge in [0, 0.05) is 30.2 Å². The molecule has 1 fully saturated rings. The summed E-state index contributed by atoms with van der Waals surface area (Å²) in [7, 11) is -0.609. The van der Waals surface area contributed by atoms with E-state index in [1.54, 1.807) is 13.1 Å². The van der Waals surface area contributed by atoms with Gasteiger partial charge in [-0.2, -0.15) is 0 Å². The van der Waals surface area contributed by atoms with Gasteiger partial charge < -0.3 is 5.32 Å². The van der Waals surface area contributed by atoms with Gasteiger partial charge in [-0.3, -0.25) is 0 Å². The minimum Gasteiger partial charge on any atom is -0.316 e. The number of sulfonamides is 1. The summed E-state index contributed by atoms with van der Waals surface area (Å²) in [6.07, 6.45) is 1.03. The first kappa shape index (κ1) is 16.9. The molecule has 1 saturated carbocycles. The molecule has 1 aromatic carbocycles. The molecule has 0 amide bonds. The second-order valence-corrected chi connectivity index (χ2v) is 8.59. The maximum absolute atomic E-state index is 14.5. The first-order valence-electron chi connectivity index (χ1n) is 6.86. The van der Waals surface area contributed by atoms with E-state index in [4.69, 9.17) is 0 Å². The first-order valence-corrected chi connectivity index (χ1v) is 9.09. The lowest BCUT2D eigenvalue weighted by Crippen LogP contribution is -2.30. The zero-order chi connectivity index (χ0) is 15.8. The van der Waals surface area contributed by atoms with E-state index >= 15 is 0 Å². The number of halogens is 2. The second-order valence-electron chi connectivity index (χ2n) is 5.67. The zero-order valence-corrected chi connectivity index (χ0v) is 14.8. The summed E-state index contributed by atoms with van der Waals surface area (Å²) in [5.41, 5.74) is 0.332. The topological polar surface area (TPSA) is 49.4 Å². The molecule has 0 heterocycles. The maximum Gasteiger partial charge on any atom is 0.245 e. The molecule has 2 atom stereocenters. The van der Waals surface area contributed by atoms with Crippen LogP contribution in [-0.2, 0) is 16.6 Å². The summed E-state index contributed by atoms with van der Waals surface area (Å²) < 4.78 is 41.4. The molecule has 0 aliphatic heterocycles. The van der Waals surface area contributed by atoms with E-state index in [9.17, 15) is 12.8 Å². The summed E-state index contributed by atoms with van der Waals surface area (Å²) in [6.45, 7) is 2.81. The number of nitrogens with zero attached hydrogens (tertiary/aromatic N) is 1. The van der Waals surface area contributed by atoms with Crippen LogP contribution in [0.5, 0.6) is 0 Å². The Balaban J connectivity index is 2.34.